The summed E-state index contributed by atoms with van der Waals surface area (Å²) in [5.74, 6) is -2.87. The third kappa shape index (κ3) is 20.8. The lowest BCUT2D eigenvalue weighted by Gasteiger charge is -2.51. The number of carbonyl (C=O) groups excluding carboxylic acids is 3. The summed E-state index contributed by atoms with van der Waals surface area (Å²) in [5.41, 5.74) is 0. The van der Waals surface area contributed by atoms with E-state index >= 15 is 0 Å². The first-order valence-corrected chi connectivity index (χ1v) is 33.3. The van der Waals surface area contributed by atoms with Gasteiger partial charge in [-0.15, -0.1) is 0 Å². The minimum atomic E-state index is -1.92. The third-order valence-electron chi connectivity index (χ3n) is 18.2. The molecule has 25 nitrogen and oxygen atoms in total. The van der Waals surface area contributed by atoms with Gasteiger partial charge < -0.3 is 108 Å². The Hall–Kier alpha value is -2.35. The predicted octanol–water partition coefficient (Wildman–Crippen LogP) is 4.30. The molecule has 0 aromatic rings. The van der Waals surface area contributed by atoms with Crippen molar-refractivity contribution in [2.24, 2.45) is 5.92 Å². The number of carbonyl (C=O) groups is 3. The summed E-state index contributed by atoms with van der Waals surface area (Å²) >= 11 is 0. The van der Waals surface area contributed by atoms with Gasteiger partial charge in [-0.2, -0.15) is 0 Å². The lowest BCUT2D eigenvalue weighted by molar-refractivity contribution is -0.400. The number of aliphatic hydroxyl groups is 9. The van der Waals surface area contributed by atoms with E-state index in [1.165, 1.54) is 53.4 Å². The molecule has 88 heavy (non-hydrogen) atoms. The van der Waals surface area contributed by atoms with Gasteiger partial charge in [-0.05, 0) is 59.8 Å². The van der Waals surface area contributed by atoms with Crippen LogP contribution in [0.3, 0.4) is 0 Å². The van der Waals surface area contributed by atoms with Crippen molar-refractivity contribution in [1.29, 1.82) is 0 Å². The van der Waals surface area contributed by atoms with Gasteiger partial charge in [0.2, 0.25) is 0 Å². The van der Waals surface area contributed by atoms with E-state index in [0.717, 1.165) is 83.5 Å². The molecule has 0 spiro atoms. The van der Waals surface area contributed by atoms with Gasteiger partial charge in [0, 0.05) is 12.8 Å². The largest absolute Gasteiger partial charge is 0.457 e. The average Bonchev–Trinajstić information content (AvgIpc) is 1.68. The maximum atomic E-state index is 14.1. The fourth-order valence-electron chi connectivity index (χ4n) is 12.3. The van der Waals surface area contributed by atoms with E-state index in [2.05, 4.69) is 13.8 Å². The molecule has 1 unspecified atom stereocenters. The molecule has 25 heteroatoms. The van der Waals surface area contributed by atoms with Crippen molar-refractivity contribution in [3.05, 3.63) is 0 Å². The zero-order chi connectivity index (χ0) is 64.2. The van der Waals surface area contributed by atoms with Crippen LogP contribution in [0.1, 0.15) is 209 Å². The Kier molecular flexibility index (Phi) is 31.8. The Balaban J connectivity index is 1.29. The molecular weight excluding hydrogens is 1160 g/mol. The van der Waals surface area contributed by atoms with Crippen molar-refractivity contribution in [1.82, 2.24) is 0 Å². The van der Waals surface area contributed by atoms with Crippen molar-refractivity contribution in [3.63, 3.8) is 0 Å². The van der Waals surface area contributed by atoms with Crippen molar-refractivity contribution >= 4 is 17.9 Å². The van der Waals surface area contributed by atoms with Crippen molar-refractivity contribution in [2.45, 2.75) is 369 Å². The number of fused-ring (bicyclic) bond motifs is 2. The van der Waals surface area contributed by atoms with Crippen LogP contribution < -0.4 is 0 Å². The number of unbranched alkanes of at least 4 members (excludes halogenated alkanes) is 10. The van der Waals surface area contributed by atoms with E-state index in [1.54, 1.807) is 13.8 Å². The summed E-state index contributed by atoms with van der Waals surface area (Å²) < 4.78 is 81.9. The van der Waals surface area contributed by atoms with Gasteiger partial charge >= 0.3 is 17.9 Å². The van der Waals surface area contributed by atoms with Gasteiger partial charge in [-0.1, -0.05) is 137 Å². The molecule has 6 saturated heterocycles. The Morgan fingerprint density at radius 3 is 1.69 bits per heavy atom. The van der Waals surface area contributed by atoms with Gasteiger partial charge in [-0.25, -0.2) is 0 Å². The molecular formula is C63H110O25. The van der Waals surface area contributed by atoms with Crippen LogP contribution in [0.5, 0.6) is 0 Å². The fraction of sp³-hybridized carbons (Fsp3) is 0.952. The van der Waals surface area contributed by atoms with Gasteiger partial charge in [0.15, 0.2) is 49.8 Å². The van der Waals surface area contributed by atoms with Crippen LogP contribution in [-0.4, -0.2) is 230 Å². The minimum absolute atomic E-state index is 0.0502. The van der Waals surface area contributed by atoms with E-state index in [-0.39, 0.29) is 18.9 Å². The summed E-state index contributed by atoms with van der Waals surface area (Å²) in [5, 5.41) is 102. The predicted molar refractivity (Wildman–Crippen MR) is 312 cm³/mol. The SMILES string of the molecule is CCCCCCCCCCCC(=O)O[C@@H]1[C@@H](O)[C@@H](O)[C@H](O[C@@H]2[C@@H](O[C@@H]3O[C@@H](C)[C@H](O)[C@@H](O)[C@H]3O)[C@@H](OC(=O)[C@@H](C)CC)[C@H](O[C@@H]3[C@@H](O)[C@H]4OC(=O)CCCCCCCCCC(CCCCC)O[C@@H]5O[C@H](CO)[C@H](O)[C@H](O)[C@H]5O[C@@H]4O[C@H]3C)O[C@H]2C)O[C@H]1C. The molecule has 9 N–H and O–H groups in total. The Morgan fingerprint density at radius 2 is 1.03 bits per heavy atom. The smallest absolute Gasteiger partial charge is 0.309 e. The second-order valence-electron chi connectivity index (χ2n) is 25.4. The number of esters is 3. The van der Waals surface area contributed by atoms with Crippen LogP contribution in [0, 0.1) is 5.92 Å². The molecule has 6 aliphatic rings. The van der Waals surface area contributed by atoms with Crippen molar-refractivity contribution in [3.8, 4) is 0 Å². The molecule has 6 rings (SSSR count). The molecule has 0 saturated carbocycles. The van der Waals surface area contributed by atoms with E-state index in [0.29, 0.717) is 32.1 Å². The highest BCUT2D eigenvalue weighted by molar-refractivity contribution is 5.72. The second kappa shape index (κ2) is 37.5. The monoisotopic (exact) mass is 1270 g/mol. The van der Waals surface area contributed by atoms with Crippen molar-refractivity contribution < 1.29 is 122 Å². The Bertz CT molecular complexity index is 2010. The molecule has 0 aliphatic carbocycles. The highest BCUT2D eigenvalue weighted by atomic mass is 16.8. The first-order valence-electron chi connectivity index (χ1n) is 33.3. The van der Waals surface area contributed by atoms with Crippen molar-refractivity contribution in [2.75, 3.05) is 6.61 Å². The number of hydrogen-bond donors (Lipinski definition) is 9. The lowest BCUT2D eigenvalue weighted by atomic mass is 9.95. The van der Waals surface area contributed by atoms with Gasteiger partial charge in [0.05, 0.1) is 43.0 Å². The summed E-state index contributed by atoms with van der Waals surface area (Å²) in [6.07, 6.45) is -20.3. The molecule has 0 aromatic carbocycles. The fourth-order valence-corrected chi connectivity index (χ4v) is 12.3. The number of rotatable bonds is 25. The number of ether oxygens (including phenoxy) is 13. The standard InChI is InChI=1S/C63H110O25/c1-9-12-14-15-16-17-20-23-27-31-41(65)82-51-36(6)77-60(49(73)47(51)71)86-53-38(8)79-63(57(84-58(75)34(4)11-3)56(53)88-59-48(72)45(69)43(67)35(5)76-59)85-52-37(7)78-61-55(50(52)74)83-42(66)32-28-24-21-18-19-22-26-30-39(29-25-13-10-2)80-62-54(87-61)46(70)44(68)40(33-64)81-62/h34-40,43-57,59-64,67-74H,9-33H2,1-8H3/t34-,35-,36-,37-,38-,39?,40+,43-,44-,45+,46-,47-,48+,49+,50+,51-,52-,53-,54+,55+,56+,57+,59-,60-,61-,62+,63-/m0/s1. The average molecular weight is 1270 g/mol. The quantitative estimate of drug-likeness (QED) is 0.0349. The van der Waals surface area contributed by atoms with E-state index in [1.807, 2.05) is 0 Å². The summed E-state index contributed by atoms with van der Waals surface area (Å²) in [4.78, 5) is 41.1. The minimum Gasteiger partial charge on any atom is -0.457 e. The molecule has 6 aliphatic heterocycles. The molecule has 512 valence electrons. The maximum absolute atomic E-state index is 14.1. The van der Waals surface area contributed by atoms with Gasteiger partial charge in [-0.3, -0.25) is 14.4 Å². The molecule has 6 fully saturated rings. The second-order valence-corrected chi connectivity index (χ2v) is 25.4. The molecule has 0 bridgehead atoms. The number of aliphatic hydroxyl groups excluding tert-OH is 9. The molecule has 0 aromatic heterocycles. The molecule has 6 heterocycles. The highest BCUT2D eigenvalue weighted by Crippen LogP contribution is 2.40. The first kappa shape index (κ1) is 74.7. The van der Waals surface area contributed by atoms with E-state index < -0.39 is 184 Å². The molecule has 0 radical (unpaired) electrons. The van der Waals surface area contributed by atoms with E-state index in [4.69, 9.17) is 61.6 Å². The number of hydrogen-bond acceptors (Lipinski definition) is 25. The van der Waals surface area contributed by atoms with Crippen LogP contribution >= 0.6 is 0 Å². The molecule has 0 amide bonds. The van der Waals surface area contributed by atoms with Crippen LogP contribution in [-0.2, 0) is 76.0 Å². The highest BCUT2D eigenvalue weighted by Gasteiger charge is 2.59. The summed E-state index contributed by atoms with van der Waals surface area (Å²) in [7, 11) is 0. The van der Waals surface area contributed by atoms with Gasteiger partial charge in [0.1, 0.15) is 79.4 Å². The Morgan fingerprint density at radius 1 is 0.489 bits per heavy atom. The maximum Gasteiger partial charge on any atom is 0.309 e. The van der Waals surface area contributed by atoms with Crippen LogP contribution in [0.15, 0.2) is 0 Å². The zero-order valence-electron chi connectivity index (χ0n) is 53.3. The Labute approximate surface area is 519 Å². The normalized spacial score (nSPS) is 41.3. The topological polar surface area (TPSA) is 353 Å². The van der Waals surface area contributed by atoms with Crippen LogP contribution in [0.4, 0.5) is 0 Å². The van der Waals surface area contributed by atoms with Crippen LogP contribution in [0.25, 0.3) is 0 Å². The summed E-state index contributed by atoms with van der Waals surface area (Å²) in [6.45, 7) is 12.9. The summed E-state index contributed by atoms with van der Waals surface area (Å²) in [6, 6.07) is 0. The van der Waals surface area contributed by atoms with Gasteiger partial charge in [0.25, 0.3) is 0 Å². The first-order chi connectivity index (χ1) is 42.1. The molecule has 27 atom stereocenters. The third-order valence-corrected chi connectivity index (χ3v) is 18.2. The lowest BCUT2D eigenvalue weighted by Crippen LogP contribution is -2.68. The van der Waals surface area contributed by atoms with E-state index in [9.17, 15) is 60.3 Å². The van der Waals surface area contributed by atoms with Crippen LogP contribution in [0.2, 0.25) is 0 Å². The zero-order valence-corrected chi connectivity index (χ0v) is 53.3.